The molecule has 146 valence electrons. The average Bonchev–Trinajstić information content (AvgIpc) is 3.10. The molecule has 0 aliphatic carbocycles. The second-order valence-electron chi connectivity index (χ2n) is 7.47. The number of carbonyl (C=O) groups excluding carboxylic acids is 1. The smallest absolute Gasteiger partial charge is 0.251 e. The number of nitrogens with zero attached hydrogens (tertiary/aromatic N) is 2. The number of likely N-dealkylation sites (tertiary alicyclic amines) is 1. The van der Waals surface area contributed by atoms with Crippen molar-refractivity contribution in [2.24, 2.45) is 5.92 Å². The van der Waals surface area contributed by atoms with Crippen molar-refractivity contribution in [1.29, 1.82) is 0 Å². The monoisotopic (exact) mass is 387 g/mol. The number of nitrogens with one attached hydrogen (secondary N) is 1. The number of piperidine rings is 1. The van der Waals surface area contributed by atoms with Gasteiger partial charge in [-0.15, -0.1) is 11.3 Å². The topological polar surface area (TPSA) is 54.5 Å². The molecule has 1 amide bonds. The minimum Gasteiger partial charge on any atom is -0.487 e. The van der Waals surface area contributed by atoms with Gasteiger partial charge in [0.05, 0.1) is 10.7 Å². The predicted octanol–water partition coefficient (Wildman–Crippen LogP) is 3.88. The summed E-state index contributed by atoms with van der Waals surface area (Å²) in [5.74, 6) is 1.46. The molecule has 1 aromatic heterocycles. The van der Waals surface area contributed by atoms with Crippen LogP contribution in [0, 0.1) is 12.8 Å². The molecule has 2 atom stereocenters. The summed E-state index contributed by atoms with van der Waals surface area (Å²) >= 11 is 1.62. The highest BCUT2D eigenvalue weighted by molar-refractivity contribution is 7.09. The Bertz CT molecular complexity index is 744. The van der Waals surface area contributed by atoms with E-state index in [4.69, 9.17) is 4.74 Å². The Morgan fingerprint density at radius 1 is 1.41 bits per heavy atom. The van der Waals surface area contributed by atoms with E-state index in [1.165, 1.54) is 12.8 Å². The van der Waals surface area contributed by atoms with Gasteiger partial charge >= 0.3 is 0 Å². The van der Waals surface area contributed by atoms with Crippen molar-refractivity contribution in [2.45, 2.75) is 46.3 Å². The van der Waals surface area contributed by atoms with Crippen molar-refractivity contribution < 1.29 is 9.53 Å². The maximum atomic E-state index is 12.4. The molecule has 1 aliphatic rings. The van der Waals surface area contributed by atoms with Crippen molar-refractivity contribution >= 4 is 17.2 Å². The van der Waals surface area contributed by atoms with Crippen molar-refractivity contribution in [1.82, 2.24) is 15.2 Å². The lowest BCUT2D eigenvalue weighted by Crippen LogP contribution is -2.46. The van der Waals surface area contributed by atoms with Gasteiger partial charge in [-0.05, 0) is 63.4 Å². The Labute approximate surface area is 165 Å². The van der Waals surface area contributed by atoms with Gasteiger partial charge in [0.25, 0.3) is 5.91 Å². The molecule has 0 saturated carbocycles. The van der Waals surface area contributed by atoms with Gasteiger partial charge in [-0.3, -0.25) is 9.69 Å². The number of amides is 1. The van der Waals surface area contributed by atoms with Crippen molar-refractivity contribution in [2.75, 3.05) is 19.6 Å². The maximum Gasteiger partial charge on any atom is 0.251 e. The van der Waals surface area contributed by atoms with Crippen LogP contribution in [-0.2, 0) is 6.61 Å². The standard InChI is InChI=1S/C21H29N3O2S/c1-15-5-4-10-24(12-15)16(2)11-22-21(25)18-6-8-20(9-7-18)26-13-19-14-27-17(3)23-19/h6-9,14-16H,4-5,10-13H2,1-3H3,(H,22,25). The summed E-state index contributed by atoms with van der Waals surface area (Å²) in [5, 5.41) is 6.10. The fourth-order valence-electron chi connectivity index (χ4n) is 3.43. The number of benzene rings is 1. The first kappa shape index (κ1) is 19.8. The molecule has 0 spiro atoms. The Morgan fingerprint density at radius 3 is 2.85 bits per heavy atom. The molecule has 1 aromatic carbocycles. The quantitative estimate of drug-likeness (QED) is 0.783. The largest absolute Gasteiger partial charge is 0.487 e. The minimum absolute atomic E-state index is 0.0337. The maximum absolute atomic E-state index is 12.4. The van der Waals surface area contributed by atoms with Gasteiger partial charge in [0.15, 0.2) is 0 Å². The number of hydrogen-bond donors (Lipinski definition) is 1. The van der Waals surface area contributed by atoms with Crippen LogP contribution in [0.5, 0.6) is 5.75 Å². The lowest BCUT2D eigenvalue weighted by atomic mass is 9.99. The molecule has 0 bridgehead atoms. The van der Waals surface area contributed by atoms with Gasteiger partial charge in [0, 0.05) is 30.1 Å². The molecule has 1 saturated heterocycles. The number of aryl methyl sites for hydroxylation is 1. The number of hydrogen-bond acceptors (Lipinski definition) is 5. The molecular formula is C21H29N3O2S. The fourth-order valence-corrected chi connectivity index (χ4v) is 4.03. The molecule has 1 aliphatic heterocycles. The molecule has 2 heterocycles. The van der Waals surface area contributed by atoms with Crippen LogP contribution in [-0.4, -0.2) is 41.5 Å². The highest BCUT2D eigenvalue weighted by Gasteiger charge is 2.21. The van der Waals surface area contributed by atoms with E-state index in [1.54, 1.807) is 11.3 Å². The first-order chi connectivity index (χ1) is 13.0. The molecule has 0 radical (unpaired) electrons. The van der Waals surface area contributed by atoms with Gasteiger partial charge in [-0.25, -0.2) is 4.98 Å². The van der Waals surface area contributed by atoms with Crippen LogP contribution in [0.25, 0.3) is 0 Å². The third kappa shape index (κ3) is 5.78. The van der Waals surface area contributed by atoms with Gasteiger partial charge in [0.2, 0.25) is 0 Å². The van der Waals surface area contributed by atoms with Crippen molar-refractivity contribution in [3.8, 4) is 5.75 Å². The fraction of sp³-hybridized carbons (Fsp3) is 0.524. The predicted molar refractivity (Wildman–Crippen MR) is 109 cm³/mol. The highest BCUT2D eigenvalue weighted by Crippen LogP contribution is 2.18. The Morgan fingerprint density at radius 2 is 2.19 bits per heavy atom. The first-order valence-corrected chi connectivity index (χ1v) is 10.6. The Hall–Kier alpha value is -1.92. The van der Waals surface area contributed by atoms with E-state index in [2.05, 4.69) is 29.0 Å². The highest BCUT2D eigenvalue weighted by atomic mass is 32.1. The zero-order valence-electron chi connectivity index (χ0n) is 16.4. The van der Waals surface area contributed by atoms with E-state index < -0.39 is 0 Å². The molecule has 6 heteroatoms. The summed E-state index contributed by atoms with van der Waals surface area (Å²) < 4.78 is 5.73. The third-order valence-electron chi connectivity index (χ3n) is 5.04. The summed E-state index contributed by atoms with van der Waals surface area (Å²) in [6, 6.07) is 7.66. The second-order valence-corrected chi connectivity index (χ2v) is 8.53. The number of thiazole rings is 1. The Kier molecular flexibility index (Phi) is 6.85. The summed E-state index contributed by atoms with van der Waals surface area (Å²) in [7, 11) is 0. The van der Waals surface area contributed by atoms with Gasteiger partial charge in [0.1, 0.15) is 12.4 Å². The third-order valence-corrected chi connectivity index (χ3v) is 5.86. The van der Waals surface area contributed by atoms with Crippen molar-refractivity contribution in [3.63, 3.8) is 0 Å². The van der Waals surface area contributed by atoms with E-state index in [-0.39, 0.29) is 5.91 Å². The van der Waals surface area contributed by atoms with Gasteiger partial charge in [-0.2, -0.15) is 0 Å². The number of aromatic nitrogens is 1. The van der Waals surface area contributed by atoms with Crippen LogP contribution in [0.3, 0.4) is 0 Å². The number of ether oxygens (including phenoxy) is 1. The molecule has 3 rings (SSSR count). The van der Waals surface area contributed by atoms with Crippen LogP contribution in [0.15, 0.2) is 29.6 Å². The SMILES string of the molecule is Cc1nc(COc2ccc(C(=O)NCC(C)N3CCCC(C)C3)cc2)cs1. The van der Waals surface area contributed by atoms with Crippen LogP contribution in [0.4, 0.5) is 0 Å². The van der Waals surface area contributed by atoms with Crippen LogP contribution >= 0.6 is 11.3 Å². The normalized spacial score (nSPS) is 18.9. The zero-order chi connectivity index (χ0) is 19.2. The Balaban J connectivity index is 1.45. The summed E-state index contributed by atoms with van der Waals surface area (Å²) in [4.78, 5) is 19.3. The summed E-state index contributed by atoms with van der Waals surface area (Å²) in [5.41, 5.74) is 1.59. The van der Waals surface area contributed by atoms with E-state index in [9.17, 15) is 4.79 Å². The average molecular weight is 388 g/mol. The minimum atomic E-state index is -0.0337. The van der Waals surface area contributed by atoms with E-state index in [1.807, 2.05) is 36.6 Å². The number of carbonyl (C=O) groups is 1. The molecule has 27 heavy (non-hydrogen) atoms. The molecule has 2 unspecified atom stereocenters. The lowest BCUT2D eigenvalue weighted by molar-refractivity contribution is 0.0917. The van der Waals surface area contributed by atoms with Gasteiger partial charge < -0.3 is 10.1 Å². The summed E-state index contributed by atoms with van der Waals surface area (Å²) in [6.45, 7) is 9.85. The molecule has 2 aromatic rings. The van der Waals surface area contributed by atoms with E-state index in [0.717, 1.165) is 35.5 Å². The second kappa shape index (κ2) is 9.33. The van der Waals surface area contributed by atoms with Gasteiger partial charge in [-0.1, -0.05) is 6.92 Å². The zero-order valence-corrected chi connectivity index (χ0v) is 17.2. The summed E-state index contributed by atoms with van der Waals surface area (Å²) in [6.07, 6.45) is 2.56. The van der Waals surface area contributed by atoms with Crippen LogP contribution in [0.1, 0.15) is 47.7 Å². The molecule has 1 fully saturated rings. The van der Waals surface area contributed by atoms with Crippen LogP contribution in [0.2, 0.25) is 0 Å². The molecule has 1 N–H and O–H groups in total. The first-order valence-electron chi connectivity index (χ1n) is 9.67. The molecule has 5 nitrogen and oxygen atoms in total. The lowest BCUT2D eigenvalue weighted by Gasteiger charge is -2.35. The van der Waals surface area contributed by atoms with Crippen LogP contribution < -0.4 is 10.1 Å². The van der Waals surface area contributed by atoms with Crippen molar-refractivity contribution in [3.05, 3.63) is 45.9 Å². The number of rotatable bonds is 7. The van der Waals surface area contributed by atoms with E-state index >= 15 is 0 Å². The molecular weight excluding hydrogens is 358 g/mol. The van der Waals surface area contributed by atoms with E-state index in [0.29, 0.717) is 24.8 Å².